The molecule has 0 atom stereocenters. The zero-order valence-electron chi connectivity index (χ0n) is 12.0. The van der Waals surface area contributed by atoms with Crippen molar-refractivity contribution >= 4 is 0 Å². The maximum absolute atomic E-state index is 2.12. The topological polar surface area (TPSA) is 0 Å². The quantitative estimate of drug-likeness (QED) is 0.578. The molecule has 10 radical (unpaired) electrons. The molecule has 2 fully saturated rings. The van der Waals surface area contributed by atoms with E-state index in [0.717, 1.165) is 0 Å². The largest absolute Gasteiger partial charge is 2.00 e. The minimum atomic E-state index is 0. The minimum Gasteiger partial charge on any atom is -0.358 e. The minimum absolute atomic E-state index is 0. The zero-order chi connectivity index (χ0) is 10.6. The summed E-state index contributed by atoms with van der Waals surface area (Å²) in [5, 5.41) is 0. The summed E-state index contributed by atoms with van der Waals surface area (Å²) < 4.78 is 0. The van der Waals surface area contributed by atoms with E-state index in [4.69, 9.17) is 0 Å². The van der Waals surface area contributed by atoms with Gasteiger partial charge < -0.3 is 14.9 Å². The molecule has 92 valence electrons. The Bertz CT molecular complexity index is 122. The fourth-order valence-corrected chi connectivity index (χ4v) is 1.20. The van der Waals surface area contributed by atoms with Crippen molar-refractivity contribution in [1.82, 2.24) is 0 Å². The van der Waals surface area contributed by atoms with Crippen LogP contribution in [-0.2, 0) is 26.2 Å². The van der Waals surface area contributed by atoms with Crippen LogP contribution in [0.2, 0.25) is 0 Å². The number of rotatable bonds is 0. The number of hydrogen-bond acceptors (Lipinski definition) is 0. The molecule has 2 saturated carbocycles. The van der Waals surface area contributed by atoms with E-state index in [2.05, 4.69) is 66.2 Å². The van der Waals surface area contributed by atoms with Gasteiger partial charge in [0.15, 0.2) is 0 Å². The molecule has 1 heteroatoms. The van der Waals surface area contributed by atoms with Gasteiger partial charge in [-0.3, -0.25) is 0 Å². The van der Waals surface area contributed by atoms with E-state index in [1.807, 2.05) is 0 Å². The summed E-state index contributed by atoms with van der Waals surface area (Å²) in [5.41, 5.74) is 0. The third-order valence-electron chi connectivity index (χ3n) is 2.63. The fourth-order valence-electron chi connectivity index (χ4n) is 1.20. The van der Waals surface area contributed by atoms with Crippen LogP contribution in [0.3, 0.4) is 0 Å². The van der Waals surface area contributed by atoms with Crippen LogP contribution in [0.5, 0.6) is 0 Å². The molecular formula is C16H24Zr. The molecule has 2 aliphatic rings. The van der Waals surface area contributed by atoms with Gasteiger partial charge in [0.2, 0.25) is 0 Å². The average Bonchev–Trinajstić information content (AvgIpc) is 2.67. The monoisotopic (exact) mass is 306 g/mol. The molecule has 0 nitrogen and oxygen atoms in total. The molecule has 2 aliphatic carbocycles. The Morgan fingerprint density at radius 2 is 0.706 bits per heavy atom. The summed E-state index contributed by atoms with van der Waals surface area (Å²) in [6.07, 6.45) is 12.6. The van der Waals surface area contributed by atoms with Crippen molar-refractivity contribution < 1.29 is 26.2 Å². The van der Waals surface area contributed by atoms with E-state index in [0.29, 0.717) is 0 Å². The number of hydrogen-bond donors (Lipinski definition) is 0. The zero-order valence-corrected chi connectivity index (χ0v) is 14.4. The molecule has 0 aromatic carbocycles. The summed E-state index contributed by atoms with van der Waals surface area (Å²) in [6, 6.07) is 0. The van der Waals surface area contributed by atoms with E-state index in [-0.39, 0.29) is 41.1 Å². The Kier molecular flexibility index (Phi) is 16.2. The predicted molar refractivity (Wildman–Crippen MR) is 74.3 cm³/mol. The smallest absolute Gasteiger partial charge is 0.358 e. The molecular weight excluding hydrogens is 283 g/mol. The van der Waals surface area contributed by atoms with Crippen LogP contribution in [0.1, 0.15) is 27.7 Å². The molecule has 0 heterocycles. The van der Waals surface area contributed by atoms with Gasteiger partial charge >= 0.3 is 26.2 Å². The first-order valence-corrected chi connectivity index (χ1v) is 4.99. The Morgan fingerprint density at radius 3 is 0.765 bits per heavy atom. The first-order valence-electron chi connectivity index (χ1n) is 4.99. The predicted octanol–water partition coefficient (Wildman–Crippen LogP) is 4.50. The standard InChI is InChI=1S/2C7H9.2CH3.Zr/c2*1-6-4-3-5-7(6)2;;;/h2*3-5H,1-2H3;2*1H3;/q;;2*-1;+2. The van der Waals surface area contributed by atoms with Gasteiger partial charge in [-0.25, -0.2) is 0 Å². The van der Waals surface area contributed by atoms with Gasteiger partial charge in [-0.15, -0.1) is 0 Å². The molecule has 2 rings (SSSR count). The molecule has 0 aliphatic heterocycles. The molecule has 0 unspecified atom stereocenters. The summed E-state index contributed by atoms with van der Waals surface area (Å²) >= 11 is 0. The Labute approximate surface area is 130 Å². The first kappa shape index (κ1) is 23.0. The third-order valence-corrected chi connectivity index (χ3v) is 2.63. The molecule has 17 heavy (non-hydrogen) atoms. The Balaban J connectivity index is -0.000000196. The second-order valence-corrected chi connectivity index (χ2v) is 3.78. The normalized spacial score (nSPS) is 21.9. The van der Waals surface area contributed by atoms with Crippen molar-refractivity contribution in [3.8, 4) is 0 Å². The van der Waals surface area contributed by atoms with Gasteiger partial charge in [0, 0.05) is 0 Å². The van der Waals surface area contributed by atoms with Crippen molar-refractivity contribution in [3.63, 3.8) is 0 Å². The first-order chi connectivity index (χ1) is 6.61. The third kappa shape index (κ3) is 8.58. The summed E-state index contributed by atoms with van der Waals surface area (Å²) in [7, 11) is 0. The molecule has 0 N–H and O–H groups in total. The molecule has 0 aromatic rings. The maximum Gasteiger partial charge on any atom is 2.00 e. The van der Waals surface area contributed by atoms with Crippen LogP contribution in [0.25, 0.3) is 0 Å². The van der Waals surface area contributed by atoms with Crippen LogP contribution < -0.4 is 0 Å². The van der Waals surface area contributed by atoms with Gasteiger partial charge in [0.1, 0.15) is 0 Å². The summed E-state index contributed by atoms with van der Waals surface area (Å²) in [6.45, 7) is 8.48. The Hall–Kier alpha value is 0.883. The molecule has 0 spiro atoms. The van der Waals surface area contributed by atoms with Crippen LogP contribution >= 0.6 is 0 Å². The van der Waals surface area contributed by atoms with E-state index >= 15 is 0 Å². The van der Waals surface area contributed by atoms with Crippen LogP contribution in [-0.4, -0.2) is 0 Å². The van der Waals surface area contributed by atoms with Gasteiger partial charge in [-0.1, -0.05) is 27.7 Å². The van der Waals surface area contributed by atoms with Crippen molar-refractivity contribution in [2.45, 2.75) is 27.7 Å². The second-order valence-electron chi connectivity index (χ2n) is 3.78. The molecule has 0 saturated heterocycles. The van der Waals surface area contributed by atoms with Crippen molar-refractivity contribution in [1.29, 1.82) is 0 Å². The van der Waals surface area contributed by atoms with Crippen molar-refractivity contribution in [2.24, 2.45) is 0 Å². The van der Waals surface area contributed by atoms with E-state index in [1.54, 1.807) is 0 Å². The Morgan fingerprint density at radius 1 is 0.529 bits per heavy atom. The SMILES string of the molecule is C[C]1[CH][CH][CH][C]1C.C[C]1[CH][CH][CH][C]1C.[CH3-].[CH3-].[Zr+2]. The summed E-state index contributed by atoms with van der Waals surface area (Å²) in [4.78, 5) is 0. The summed E-state index contributed by atoms with van der Waals surface area (Å²) in [5.74, 6) is 5.56. The van der Waals surface area contributed by atoms with Crippen LogP contribution in [0.15, 0.2) is 0 Å². The fraction of sp³-hybridized carbons (Fsp3) is 0.250. The van der Waals surface area contributed by atoms with Crippen LogP contribution in [0.4, 0.5) is 0 Å². The second kappa shape index (κ2) is 11.9. The van der Waals surface area contributed by atoms with Crippen molar-refractivity contribution in [2.75, 3.05) is 0 Å². The average molecular weight is 308 g/mol. The van der Waals surface area contributed by atoms with Gasteiger partial charge in [0.25, 0.3) is 0 Å². The molecule has 0 amide bonds. The van der Waals surface area contributed by atoms with E-state index in [1.165, 1.54) is 23.7 Å². The molecule has 0 bridgehead atoms. The van der Waals surface area contributed by atoms with Crippen molar-refractivity contribution in [3.05, 3.63) is 77.0 Å². The van der Waals surface area contributed by atoms with Crippen LogP contribution in [0, 0.1) is 77.0 Å². The molecule has 0 aromatic heterocycles. The van der Waals surface area contributed by atoms with Gasteiger partial charge in [-0.2, -0.15) is 0 Å². The van der Waals surface area contributed by atoms with Gasteiger partial charge in [0.05, 0.1) is 0 Å². The maximum atomic E-state index is 2.12. The van der Waals surface area contributed by atoms with E-state index in [9.17, 15) is 0 Å². The van der Waals surface area contributed by atoms with E-state index < -0.39 is 0 Å². The van der Waals surface area contributed by atoms with Gasteiger partial charge in [-0.05, 0) is 62.2 Å².